The Balaban J connectivity index is 1.61. The summed E-state index contributed by atoms with van der Waals surface area (Å²) in [7, 11) is 0. The average Bonchev–Trinajstić information content (AvgIpc) is 2.56. The topological polar surface area (TPSA) is 18.8 Å². The number of nitrogens with zero attached hydrogens (tertiary/aromatic N) is 3. The highest BCUT2D eigenvalue weighted by Crippen LogP contribution is 2.18. The van der Waals surface area contributed by atoms with Crippen LogP contribution in [-0.2, 0) is 0 Å². The molecule has 22 heavy (non-hydrogen) atoms. The van der Waals surface area contributed by atoms with E-state index in [0.29, 0.717) is 10.6 Å². The molecule has 1 aliphatic rings. The van der Waals surface area contributed by atoms with Gasteiger partial charge >= 0.3 is 0 Å². The zero-order valence-electron chi connectivity index (χ0n) is 12.1. The lowest BCUT2D eigenvalue weighted by Crippen LogP contribution is -2.44. The summed E-state index contributed by atoms with van der Waals surface area (Å²) in [6.45, 7) is 3.40. The minimum Gasteiger partial charge on any atom is -0.368 e. The fourth-order valence-electron chi connectivity index (χ4n) is 2.48. The third-order valence-electron chi connectivity index (χ3n) is 3.73. The van der Waals surface area contributed by atoms with E-state index >= 15 is 0 Å². The fourth-order valence-corrected chi connectivity index (χ4v) is 2.69. The van der Waals surface area contributed by atoms with Crippen molar-refractivity contribution in [2.24, 2.45) is 5.10 Å². The van der Waals surface area contributed by atoms with Crippen LogP contribution < -0.4 is 4.90 Å². The molecule has 2 aromatic rings. The molecule has 0 atom stereocenters. The second-order valence-corrected chi connectivity index (χ2v) is 5.56. The van der Waals surface area contributed by atoms with Crippen LogP contribution in [-0.4, -0.2) is 37.4 Å². The molecule has 0 unspecified atom stereocenters. The lowest BCUT2D eigenvalue weighted by atomic mass is 10.2. The van der Waals surface area contributed by atoms with Gasteiger partial charge in [-0.2, -0.15) is 5.10 Å². The lowest BCUT2D eigenvalue weighted by Gasteiger charge is -2.34. The molecule has 0 aliphatic carbocycles. The van der Waals surface area contributed by atoms with Crippen molar-refractivity contribution in [3.8, 4) is 0 Å². The number of hydrazone groups is 1. The Morgan fingerprint density at radius 1 is 0.955 bits per heavy atom. The van der Waals surface area contributed by atoms with Crippen LogP contribution in [0.1, 0.15) is 5.56 Å². The Hall–Kier alpha value is -2.07. The number of halogens is 2. The molecule has 1 saturated heterocycles. The molecular formula is C17H17ClFN3. The Labute approximate surface area is 134 Å². The molecule has 3 nitrogen and oxygen atoms in total. The van der Waals surface area contributed by atoms with Crippen molar-refractivity contribution in [1.29, 1.82) is 0 Å². The van der Waals surface area contributed by atoms with Gasteiger partial charge in [-0.1, -0.05) is 35.9 Å². The van der Waals surface area contributed by atoms with E-state index in [2.05, 4.69) is 22.1 Å². The van der Waals surface area contributed by atoms with E-state index < -0.39 is 0 Å². The second-order valence-electron chi connectivity index (χ2n) is 5.16. The summed E-state index contributed by atoms with van der Waals surface area (Å²) in [5.41, 5.74) is 1.57. The largest absolute Gasteiger partial charge is 0.368 e. The van der Waals surface area contributed by atoms with E-state index in [4.69, 9.17) is 11.6 Å². The van der Waals surface area contributed by atoms with Gasteiger partial charge in [-0.05, 0) is 24.3 Å². The van der Waals surface area contributed by atoms with Gasteiger partial charge in [0.05, 0.1) is 24.3 Å². The molecule has 0 N–H and O–H groups in total. The highest BCUT2D eigenvalue weighted by molar-refractivity contribution is 6.33. The maximum absolute atomic E-state index is 13.7. The van der Waals surface area contributed by atoms with Gasteiger partial charge in [-0.3, -0.25) is 5.01 Å². The van der Waals surface area contributed by atoms with Crippen molar-refractivity contribution in [2.75, 3.05) is 31.1 Å². The number of benzene rings is 2. The molecule has 1 heterocycles. The first-order valence-corrected chi connectivity index (χ1v) is 7.65. The van der Waals surface area contributed by atoms with Gasteiger partial charge in [0, 0.05) is 24.3 Å². The number of para-hydroxylation sites is 1. The monoisotopic (exact) mass is 317 g/mol. The molecule has 0 radical (unpaired) electrons. The quantitative estimate of drug-likeness (QED) is 0.805. The Morgan fingerprint density at radius 2 is 1.68 bits per heavy atom. The van der Waals surface area contributed by atoms with E-state index in [1.807, 2.05) is 23.2 Å². The predicted octanol–water partition coefficient (Wildman–Crippen LogP) is 3.64. The number of rotatable bonds is 3. The number of hydrogen-bond donors (Lipinski definition) is 0. The summed E-state index contributed by atoms with van der Waals surface area (Å²) in [4.78, 5) is 2.32. The SMILES string of the molecule is Fc1cccc(Cl)c1/C=N/N1CCN(c2ccccc2)CC1. The van der Waals surface area contributed by atoms with Crippen LogP contribution in [0, 0.1) is 5.82 Å². The van der Waals surface area contributed by atoms with Gasteiger partial charge in [0.1, 0.15) is 5.82 Å². The number of hydrogen-bond acceptors (Lipinski definition) is 3. The van der Waals surface area contributed by atoms with Crippen molar-refractivity contribution >= 4 is 23.5 Å². The maximum Gasteiger partial charge on any atom is 0.133 e. The van der Waals surface area contributed by atoms with Crippen LogP contribution in [0.4, 0.5) is 10.1 Å². The first-order valence-electron chi connectivity index (χ1n) is 7.27. The van der Waals surface area contributed by atoms with E-state index in [0.717, 1.165) is 26.2 Å². The van der Waals surface area contributed by atoms with Crippen LogP contribution in [0.25, 0.3) is 0 Å². The highest BCUT2D eigenvalue weighted by Gasteiger charge is 2.15. The van der Waals surface area contributed by atoms with Crippen LogP contribution in [0.5, 0.6) is 0 Å². The molecule has 5 heteroatoms. The van der Waals surface area contributed by atoms with E-state index in [1.165, 1.54) is 18.0 Å². The van der Waals surface area contributed by atoms with Crippen LogP contribution in [0.3, 0.4) is 0 Å². The van der Waals surface area contributed by atoms with Gasteiger partial charge in [0.2, 0.25) is 0 Å². The molecule has 0 amide bonds. The second kappa shape index (κ2) is 6.79. The highest BCUT2D eigenvalue weighted by atomic mass is 35.5. The first kappa shape index (κ1) is 14.9. The van der Waals surface area contributed by atoms with Crippen molar-refractivity contribution in [1.82, 2.24) is 5.01 Å². The molecule has 3 rings (SSSR count). The van der Waals surface area contributed by atoms with Crippen LogP contribution in [0.2, 0.25) is 5.02 Å². The third kappa shape index (κ3) is 3.39. The zero-order chi connectivity index (χ0) is 15.4. The molecule has 2 aromatic carbocycles. The Kier molecular flexibility index (Phi) is 4.59. The van der Waals surface area contributed by atoms with Crippen molar-refractivity contribution in [2.45, 2.75) is 0 Å². The fraction of sp³-hybridized carbons (Fsp3) is 0.235. The third-order valence-corrected chi connectivity index (χ3v) is 4.06. The summed E-state index contributed by atoms with van der Waals surface area (Å²) < 4.78 is 13.7. The van der Waals surface area contributed by atoms with Crippen LogP contribution in [0.15, 0.2) is 53.6 Å². The van der Waals surface area contributed by atoms with E-state index in [1.54, 1.807) is 12.1 Å². The summed E-state index contributed by atoms with van der Waals surface area (Å²) in [6.07, 6.45) is 1.51. The summed E-state index contributed by atoms with van der Waals surface area (Å²) in [5.74, 6) is -0.348. The molecule has 1 fully saturated rings. The number of anilines is 1. The summed E-state index contributed by atoms with van der Waals surface area (Å²) in [6, 6.07) is 15.0. The van der Waals surface area contributed by atoms with Gasteiger partial charge in [0.25, 0.3) is 0 Å². The van der Waals surface area contributed by atoms with E-state index in [-0.39, 0.29) is 5.82 Å². The molecular weight excluding hydrogens is 301 g/mol. The molecule has 1 aliphatic heterocycles. The van der Waals surface area contributed by atoms with Crippen molar-refractivity contribution in [3.05, 3.63) is 64.9 Å². The normalized spacial score (nSPS) is 15.5. The standard InChI is InChI=1S/C17H17ClFN3/c18-16-7-4-8-17(19)15(16)13-20-22-11-9-21(10-12-22)14-5-2-1-3-6-14/h1-8,13H,9-12H2/b20-13+. The Morgan fingerprint density at radius 3 is 2.36 bits per heavy atom. The molecule has 114 valence electrons. The van der Waals surface area contributed by atoms with Crippen LogP contribution >= 0.6 is 11.6 Å². The average molecular weight is 318 g/mol. The molecule has 0 bridgehead atoms. The zero-order valence-corrected chi connectivity index (χ0v) is 12.9. The lowest BCUT2D eigenvalue weighted by molar-refractivity contribution is 0.272. The van der Waals surface area contributed by atoms with Gasteiger partial charge in [0.15, 0.2) is 0 Å². The number of piperazine rings is 1. The Bertz CT molecular complexity index is 632. The minimum absolute atomic E-state index is 0.342. The molecule has 0 aromatic heterocycles. The minimum atomic E-state index is -0.348. The van der Waals surface area contributed by atoms with Gasteiger partial charge < -0.3 is 4.90 Å². The molecule has 0 saturated carbocycles. The predicted molar refractivity (Wildman–Crippen MR) is 89.2 cm³/mol. The summed E-state index contributed by atoms with van der Waals surface area (Å²) >= 11 is 5.99. The molecule has 0 spiro atoms. The maximum atomic E-state index is 13.7. The smallest absolute Gasteiger partial charge is 0.133 e. The first-order chi connectivity index (χ1) is 10.7. The van der Waals surface area contributed by atoms with Crippen molar-refractivity contribution in [3.63, 3.8) is 0 Å². The van der Waals surface area contributed by atoms with E-state index in [9.17, 15) is 4.39 Å². The van der Waals surface area contributed by atoms with Crippen molar-refractivity contribution < 1.29 is 4.39 Å². The summed E-state index contributed by atoms with van der Waals surface area (Å²) in [5, 5.41) is 6.69. The van der Waals surface area contributed by atoms with Gasteiger partial charge in [-0.15, -0.1) is 0 Å². The van der Waals surface area contributed by atoms with Gasteiger partial charge in [-0.25, -0.2) is 4.39 Å².